The van der Waals surface area contributed by atoms with Crippen molar-refractivity contribution in [1.82, 2.24) is 0 Å². The van der Waals surface area contributed by atoms with E-state index in [1.807, 2.05) is 0 Å². The highest BCUT2D eigenvalue weighted by Crippen LogP contribution is 2.20. The lowest BCUT2D eigenvalue weighted by Crippen LogP contribution is -2.36. The highest BCUT2D eigenvalue weighted by molar-refractivity contribution is 9.10. The van der Waals surface area contributed by atoms with Gasteiger partial charge < -0.3 is 15.8 Å². The van der Waals surface area contributed by atoms with E-state index in [9.17, 15) is 9.18 Å². The van der Waals surface area contributed by atoms with Crippen LogP contribution in [0.25, 0.3) is 0 Å². The van der Waals surface area contributed by atoms with Gasteiger partial charge in [-0.1, -0.05) is 15.9 Å². The fourth-order valence-corrected chi connectivity index (χ4v) is 1.48. The van der Waals surface area contributed by atoms with Gasteiger partial charge in [0.2, 0.25) is 0 Å². The number of carbonyl (C=O) groups is 1. The summed E-state index contributed by atoms with van der Waals surface area (Å²) in [6, 6.07) is 4.27. The van der Waals surface area contributed by atoms with Gasteiger partial charge in [-0.3, -0.25) is 4.79 Å². The van der Waals surface area contributed by atoms with E-state index in [0.717, 1.165) is 0 Å². The average molecular weight is 291 g/mol. The lowest BCUT2D eigenvalue weighted by molar-refractivity contribution is -0.125. The predicted molar refractivity (Wildman–Crippen MR) is 62.6 cm³/mol. The van der Waals surface area contributed by atoms with Crippen LogP contribution in [0, 0.1) is 5.82 Å². The predicted octanol–water partition coefficient (Wildman–Crippen LogP) is 1.50. The fourth-order valence-electron chi connectivity index (χ4n) is 1.12. The molecule has 0 aromatic heterocycles. The molecule has 0 spiro atoms. The third-order valence-electron chi connectivity index (χ3n) is 1.98. The van der Waals surface area contributed by atoms with Gasteiger partial charge in [-0.25, -0.2) is 4.39 Å². The molecule has 1 amide bonds. The van der Waals surface area contributed by atoms with Crippen LogP contribution < -0.4 is 11.1 Å². The number of hydrogen-bond acceptors (Lipinski definition) is 3. The summed E-state index contributed by atoms with van der Waals surface area (Å²) in [5, 5.41) is 2.40. The van der Waals surface area contributed by atoms with Gasteiger partial charge in [0.1, 0.15) is 11.9 Å². The first-order chi connectivity index (χ1) is 7.58. The van der Waals surface area contributed by atoms with Crippen LogP contribution in [0.15, 0.2) is 22.7 Å². The molecule has 1 unspecified atom stereocenters. The van der Waals surface area contributed by atoms with Gasteiger partial charge in [-0.05, 0) is 18.2 Å². The maximum atomic E-state index is 13.3. The van der Waals surface area contributed by atoms with Crippen LogP contribution in [-0.2, 0) is 9.53 Å². The normalized spacial score (nSPS) is 12.2. The molecule has 0 heterocycles. The van der Waals surface area contributed by atoms with Gasteiger partial charge >= 0.3 is 0 Å². The highest BCUT2D eigenvalue weighted by Gasteiger charge is 2.17. The Morgan fingerprint density at radius 3 is 2.94 bits per heavy atom. The smallest absolute Gasteiger partial charge is 0.254 e. The van der Waals surface area contributed by atoms with Crippen LogP contribution in [0.5, 0.6) is 0 Å². The Morgan fingerprint density at radius 1 is 1.69 bits per heavy atom. The summed E-state index contributed by atoms with van der Waals surface area (Å²) >= 11 is 3.18. The van der Waals surface area contributed by atoms with Crippen LogP contribution in [0.3, 0.4) is 0 Å². The summed E-state index contributed by atoms with van der Waals surface area (Å²) in [7, 11) is 1.37. The number of rotatable bonds is 4. The molecule has 1 rings (SSSR count). The topological polar surface area (TPSA) is 64.3 Å². The van der Waals surface area contributed by atoms with Crippen molar-refractivity contribution < 1.29 is 13.9 Å². The summed E-state index contributed by atoms with van der Waals surface area (Å²) in [6.45, 7) is 0.0396. The van der Waals surface area contributed by atoms with Gasteiger partial charge in [0.05, 0.1) is 5.69 Å². The number of amides is 1. The van der Waals surface area contributed by atoms with Crippen molar-refractivity contribution in [1.29, 1.82) is 0 Å². The molecule has 16 heavy (non-hydrogen) atoms. The van der Waals surface area contributed by atoms with Crippen molar-refractivity contribution >= 4 is 27.5 Å². The number of halogens is 2. The van der Waals surface area contributed by atoms with E-state index in [4.69, 9.17) is 10.5 Å². The van der Waals surface area contributed by atoms with Crippen LogP contribution >= 0.6 is 15.9 Å². The highest BCUT2D eigenvalue weighted by atomic mass is 79.9. The SMILES string of the molecule is COC(CN)C(=O)Nc1cc(Br)ccc1F. The van der Waals surface area contributed by atoms with Crippen LogP contribution in [0.1, 0.15) is 0 Å². The van der Waals surface area contributed by atoms with E-state index in [-0.39, 0.29) is 12.2 Å². The number of anilines is 1. The molecule has 3 N–H and O–H groups in total. The van der Waals surface area contributed by atoms with E-state index < -0.39 is 17.8 Å². The largest absolute Gasteiger partial charge is 0.370 e. The third kappa shape index (κ3) is 3.26. The molecule has 0 fully saturated rings. The molecule has 1 atom stereocenters. The van der Waals surface area contributed by atoms with E-state index in [0.29, 0.717) is 4.47 Å². The first kappa shape index (κ1) is 13.1. The van der Waals surface area contributed by atoms with E-state index in [2.05, 4.69) is 21.2 Å². The molecule has 0 aliphatic rings. The van der Waals surface area contributed by atoms with Crippen LogP contribution in [-0.4, -0.2) is 25.7 Å². The number of carbonyl (C=O) groups excluding carboxylic acids is 1. The van der Waals surface area contributed by atoms with E-state index >= 15 is 0 Å². The average Bonchev–Trinajstić information content (AvgIpc) is 2.25. The van der Waals surface area contributed by atoms with Crippen molar-refractivity contribution in [3.63, 3.8) is 0 Å². The minimum absolute atomic E-state index is 0.0396. The number of nitrogens with one attached hydrogen (secondary N) is 1. The van der Waals surface area contributed by atoms with Crippen molar-refractivity contribution in [2.45, 2.75) is 6.10 Å². The molecule has 0 aliphatic carbocycles. The maximum absolute atomic E-state index is 13.3. The minimum atomic E-state index is -0.779. The zero-order valence-electron chi connectivity index (χ0n) is 8.67. The van der Waals surface area contributed by atoms with Crippen molar-refractivity contribution in [3.8, 4) is 0 Å². The third-order valence-corrected chi connectivity index (χ3v) is 2.47. The lowest BCUT2D eigenvalue weighted by atomic mass is 10.2. The zero-order valence-corrected chi connectivity index (χ0v) is 10.3. The number of hydrogen-bond donors (Lipinski definition) is 2. The Morgan fingerprint density at radius 2 is 2.38 bits per heavy atom. The molecular formula is C10H12BrFN2O2. The zero-order chi connectivity index (χ0) is 12.1. The Balaban J connectivity index is 2.80. The second kappa shape index (κ2) is 5.93. The molecule has 88 valence electrons. The van der Waals surface area contributed by atoms with Gasteiger partial charge in [0, 0.05) is 18.1 Å². The van der Waals surface area contributed by atoms with E-state index in [1.54, 1.807) is 6.07 Å². The van der Waals surface area contributed by atoms with Gasteiger partial charge in [0.25, 0.3) is 5.91 Å². The number of ether oxygens (including phenoxy) is 1. The molecule has 0 saturated carbocycles. The minimum Gasteiger partial charge on any atom is -0.370 e. The summed E-state index contributed by atoms with van der Waals surface area (Å²) in [6.07, 6.45) is -0.779. The number of methoxy groups -OCH3 is 1. The number of benzene rings is 1. The molecule has 0 saturated heterocycles. The first-order valence-electron chi connectivity index (χ1n) is 4.57. The van der Waals surface area contributed by atoms with Crippen molar-refractivity contribution in [2.75, 3.05) is 19.0 Å². The Kier molecular flexibility index (Phi) is 4.85. The van der Waals surface area contributed by atoms with Gasteiger partial charge in [-0.2, -0.15) is 0 Å². The Bertz CT molecular complexity index is 383. The quantitative estimate of drug-likeness (QED) is 0.883. The summed E-state index contributed by atoms with van der Waals surface area (Å²) < 4.78 is 18.8. The molecule has 1 aromatic carbocycles. The van der Waals surface area contributed by atoms with Crippen molar-refractivity contribution in [3.05, 3.63) is 28.5 Å². The molecule has 0 aliphatic heterocycles. The molecule has 6 heteroatoms. The second-order valence-electron chi connectivity index (χ2n) is 3.07. The summed E-state index contributed by atoms with van der Waals surface area (Å²) in [5.41, 5.74) is 5.41. The molecule has 0 radical (unpaired) electrons. The molecule has 1 aromatic rings. The Labute approximate surface area is 101 Å². The molecular weight excluding hydrogens is 279 g/mol. The van der Waals surface area contributed by atoms with Crippen molar-refractivity contribution in [2.24, 2.45) is 5.73 Å². The summed E-state index contributed by atoms with van der Waals surface area (Å²) in [5.74, 6) is -0.981. The monoisotopic (exact) mass is 290 g/mol. The lowest BCUT2D eigenvalue weighted by Gasteiger charge is -2.13. The van der Waals surface area contributed by atoms with E-state index in [1.165, 1.54) is 19.2 Å². The maximum Gasteiger partial charge on any atom is 0.254 e. The van der Waals surface area contributed by atoms with Crippen LogP contribution in [0.4, 0.5) is 10.1 Å². The Hall–Kier alpha value is -0.980. The number of nitrogens with two attached hydrogens (primary N) is 1. The standard InChI is InChI=1S/C10H12BrFN2O2/c1-16-9(5-13)10(15)14-8-4-6(11)2-3-7(8)12/h2-4,9H,5,13H2,1H3,(H,14,15). The first-order valence-corrected chi connectivity index (χ1v) is 5.36. The van der Waals surface area contributed by atoms with Gasteiger partial charge in [0.15, 0.2) is 0 Å². The molecule has 4 nitrogen and oxygen atoms in total. The second-order valence-corrected chi connectivity index (χ2v) is 3.99. The fraction of sp³-hybridized carbons (Fsp3) is 0.300. The van der Waals surface area contributed by atoms with Gasteiger partial charge in [-0.15, -0.1) is 0 Å². The summed E-state index contributed by atoms with van der Waals surface area (Å²) in [4.78, 5) is 11.5. The van der Waals surface area contributed by atoms with Crippen LogP contribution in [0.2, 0.25) is 0 Å². The molecule has 0 bridgehead atoms.